The van der Waals surface area contributed by atoms with Crippen LogP contribution in [0, 0.1) is 12.7 Å². The highest BCUT2D eigenvalue weighted by atomic mass is 19.1. The van der Waals surface area contributed by atoms with E-state index >= 15 is 0 Å². The van der Waals surface area contributed by atoms with Crippen molar-refractivity contribution in [3.63, 3.8) is 0 Å². The van der Waals surface area contributed by atoms with Crippen molar-refractivity contribution >= 4 is 5.97 Å². The molecule has 1 aromatic heterocycles. The summed E-state index contributed by atoms with van der Waals surface area (Å²) in [4.78, 5) is 21.0. The summed E-state index contributed by atoms with van der Waals surface area (Å²) in [5.74, 6) is -1.74. The van der Waals surface area contributed by atoms with E-state index in [1.54, 1.807) is 37.3 Å². The maximum absolute atomic E-state index is 13.9. The van der Waals surface area contributed by atoms with Gasteiger partial charge in [0, 0.05) is 11.9 Å². The zero-order valence-corrected chi connectivity index (χ0v) is 18.5. The first-order valence-electron chi connectivity index (χ1n) is 10.7. The molecule has 4 rings (SSSR count). The zero-order chi connectivity index (χ0) is 24.0. The Morgan fingerprint density at radius 1 is 0.941 bits per heavy atom. The molecule has 0 radical (unpaired) electrons. The van der Waals surface area contributed by atoms with Crippen molar-refractivity contribution in [3.05, 3.63) is 125 Å². The minimum atomic E-state index is -1.65. The molecule has 7 heteroatoms. The van der Waals surface area contributed by atoms with Gasteiger partial charge in [-0.3, -0.25) is 0 Å². The fourth-order valence-corrected chi connectivity index (χ4v) is 3.76. The Balaban J connectivity index is 1.90. The topological polar surface area (TPSA) is 81.5 Å². The molecule has 1 heterocycles. The summed E-state index contributed by atoms with van der Waals surface area (Å²) in [5.41, 5.74) is 0.741. The van der Waals surface area contributed by atoms with Gasteiger partial charge in [0.05, 0.1) is 6.61 Å². The maximum atomic E-state index is 13.9. The van der Waals surface area contributed by atoms with Gasteiger partial charge >= 0.3 is 12.0 Å². The molecule has 0 amide bonds. The zero-order valence-electron chi connectivity index (χ0n) is 18.5. The van der Waals surface area contributed by atoms with Gasteiger partial charge in [0.2, 0.25) is 6.10 Å². The fourth-order valence-electron chi connectivity index (χ4n) is 3.76. The van der Waals surface area contributed by atoms with Crippen LogP contribution in [0.4, 0.5) is 4.39 Å². The number of carbonyl (C=O) groups is 1. The normalized spacial score (nSPS) is 13.6. The van der Waals surface area contributed by atoms with E-state index in [9.17, 15) is 14.3 Å². The van der Waals surface area contributed by atoms with E-state index in [2.05, 4.69) is 9.97 Å². The quantitative estimate of drug-likeness (QED) is 0.384. The number of rotatable bonds is 9. The van der Waals surface area contributed by atoms with Gasteiger partial charge in [0.15, 0.2) is 5.60 Å². The van der Waals surface area contributed by atoms with Crippen molar-refractivity contribution in [1.29, 1.82) is 0 Å². The fraction of sp³-hybridized carbons (Fsp3) is 0.148. The van der Waals surface area contributed by atoms with Crippen LogP contribution < -0.4 is 4.74 Å². The van der Waals surface area contributed by atoms with Crippen LogP contribution in [0.15, 0.2) is 97.2 Å². The number of benzene rings is 3. The van der Waals surface area contributed by atoms with E-state index in [1.165, 1.54) is 30.5 Å². The van der Waals surface area contributed by atoms with Crippen LogP contribution in [0.3, 0.4) is 0 Å². The molecular formula is C27H23FN2O4. The summed E-state index contributed by atoms with van der Waals surface area (Å²) in [7, 11) is 0. The Hall–Kier alpha value is -4.10. The summed E-state index contributed by atoms with van der Waals surface area (Å²) in [6.45, 7) is 1.83. The number of aromatic nitrogens is 2. The van der Waals surface area contributed by atoms with Crippen molar-refractivity contribution in [2.24, 2.45) is 0 Å². The molecule has 0 aliphatic heterocycles. The van der Waals surface area contributed by atoms with Gasteiger partial charge in [-0.25, -0.2) is 19.2 Å². The van der Waals surface area contributed by atoms with Gasteiger partial charge in [-0.15, -0.1) is 0 Å². The highest BCUT2D eigenvalue weighted by molar-refractivity contribution is 5.76. The van der Waals surface area contributed by atoms with Crippen molar-refractivity contribution in [2.75, 3.05) is 0 Å². The Labute approximate surface area is 196 Å². The van der Waals surface area contributed by atoms with Gasteiger partial charge in [-0.1, -0.05) is 72.8 Å². The van der Waals surface area contributed by atoms with Crippen LogP contribution in [0.2, 0.25) is 0 Å². The number of carboxylic acids is 1. The second kappa shape index (κ2) is 10.2. The average Bonchev–Trinajstić information content (AvgIpc) is 2.86. The van der Waals surface area contributed by atoms with Gasteiger partial charge in [0.25, 0.3) is 0 Å². The molecule has 0 aliphatic rings. The lowest BCUT2D eigenvalue weighted by Gasteiger charge is -2.39. The largest absolute Gasteiger partial charge is 0.478 e. The van der Waals surface area contributed by atoms with Crippen molar-refractivity contribution in [3.8, 4) is 6.01 Å². The summed E-state index contributed by atoms with van der Waals surface area (Å²) < 4.78 is 26.2. The highest BCUT2D eigenvalue weighted by Gasteiger charge is 2.50. The van der Waals surface area contributed by atoms with E-state index < -0.39 is 23.5 Å². The van der Waals surface area contributed by atoms with E-state index in [-0.39, 0.29) is 12.6 Å². The summed E-state index contributed by atoms with van der Waals surface area (Å²) in [5, 5.41) is 10.4. The van der Waals surface area contributed by atoms with Crippen LogP contribution in [0.25, 0.3) is 0 Å². The monoisotopic (exact) mass is 458 g/mol. The third-order valence-corrected chi connectivity index (χ3v) is 5.37. The molecule has 0 bridgehead atoms. The van der Waals surface area contributed by atoms with Crippen molar-refractivity contribution in [1.82, 2.24) is 9.97 Å². The number of halogens is 1. The van der Waals surface area contributed by atoms with Crippen LogP contribution >= 0.6 is 0 Å². The van der Waals surface area contributed by atoms with Crippen molar-refractivity contribution in [2.45, 2.75) is 25.2 Å². The van der Waals surface area contributed by atoms with Gasteiger partial charge in [0.1, 0.15) is 5.82 Å². The molecule has 1 N–H and O–H groups in total. The van der Waals surface area contributed by atoms with Crippen LogP contribution in [0.5, 0.6) is 6.01 Å². The third kappa shape index (κ3) is 4.94. The SMILES string of the molecule is Cc1ccnc(O[C@H](C(=O)O)[C@@](OCc2ccccc2)(c2ccccc2)c2ccc(F)cc2)n1. The molecule has 0 unspecified atom stereocenters. The number of aryl methyl sites for hydroxylation is 1. The van der Waals surface area contributed by atoms with Crippen LogP contribution in [-0.2, 0) is 21.7 Å². The molecule has 0 saturated heterocycles. The van der Waals surface area contributed by atoms with Crippen molar-refractivity contribution < 1.29 is 23.8 Å². The predicted molar refractivity (Wildman–Crippen MR) is 124 cm³/mol. The standard InChI is InChI=1S/C27H23FN2O4/c1-19-16-17-29-26(30-19)34-24(25(31)32)27(21-10-6-3-7-11-21,22-12-14-23(28)15-13-22)33-18-20-8-4-2-5-9-20/h2-17,24H,18H2,1H3,(H,31,32)/t24-,27-/m1/s1. The smallest absolute Gasteiger partial charge is 0.348 e. The number of carboxylic acid groups (broad SMARTS) is 1. The molecule has 6 nitrogen and oxygen atoms in total. The highest BCUT2D eigenvalue weighted by Crippen LogP contribution is 2.40. The van der Waals surface area contributed by atoms with E-state index in [0.29, 0.717) is 16.8 Å². The third-order valence-electron chi connectivity index (χ3n) is 5.37. The number of hydrogen-bond donors (Lipinski definition) is 1. The minimum Gasteiger partial charge on any atom is -0.478 e. The first-order chi connectivity index (χ1) is 16.5. The second-order valence-corrected chi connectivity index (χ2v) is 7.70. The Bertz CT molecular complexity index is 1240. The lowest BCUT2D eigenvalue weighted by Crippen LogP contribution is -2.51. The van der Waals surface area contributed by atoms with Crippen LogP contribution in [-0.4, -0.2) is 27.1 Å². The number of aliphatic carboxylic acids is 1. The predicted octanol–water partition coefficient (Wildman–Crippen LogP) is 4.92. The Morgan fingerprint density at radius 2 is 1.56 bits per heavy atom. The first kappa shape index (κ1) is 23.1. The van der Waals surface area contributed by atoms with Gasteiger partial charge in [-0.05, 0) is 41.8 Å². The maximum Gasteiger partial charge on any atom is 0.348 e. The number of hydrogen-bond acceptors (Lipinski definition) is 5. The summed E-state index contributed by atoms with van der Waals surface area (Å²) in [6.07, 6.45) is -0.102. The van der Waals surface area contributed by atoms with Gasteiger partial charge in [-0.2, -0.15) is 0 Å². The molecule has 4 aromatic rings. The van der Waals surface area contributed by atoms with E-state index in [1.807, 2.05) is 36.4 Å². The lowest BCUT2D eigenvalue weighted by atomic mass is 9.81. The lowest BCUT2D eigenvalue weighted by molar-refractivity contribution is -0.166. The number of ether oxygens (including phenoxy) is 2. The Morgan fingerprint density at radius 3 is 2.18 bits per heavy atom. The molecule has 2 atom stereocenters. The van der Waals surface area contributed by atoms with Crippen LogP contribution in [0.1, 0.15) is 22.4 Å². The molecule has 0 saturated carbocycles. The summed E-state index contributed by atoms with van der Waals surface area (Å²) in [6, 6.07) is 25.4. The molecule has 0 aliphatic carbocycles. The van der Waals surface area contributed by atoms with E-state index in [4.69, 9.17) is 9.47 Å². The molecule has 3 aromatic carbocycles. The number of nitrogens with zero attached hydrogens (tertiary/aromatic N) is 2. The minimum absolute atomic E-state index is 0.0783. The molecule has 0 fully saturated rings. The molecule has 0 spiro atoms. The molecule has 34 heavy (non-hydrogen) atoms. The summed E-state index contributed by atoms with van der Waals surface area (Å²) >= 11 is 0. The van der Waals surface area contributed by atoms with Gasteiger partial charge < -0.3 is 14.6 Å². The Kier molecular flexibility index (Phi) is 6.94. The molecular weight excluding hydrogens is 435 g/mol. The molecule has 172 valence electrons. The average molecular weight is 458 g/mol. The van der Waals surface area contributed by atoms with E-state index in [0.717, 1.165) is 5.56 Å². The second-order valence-electron chi connectivity index (χ2n) is 7.70. The first-order valence-corrected chi connectivity index (χ1v) is 10.7.